The lowest BCUT2D eigenvalue weighted by molar-refractivity contribution is -0.141. The van der Waals surface area contributed by atoms with E-state index < -0.39 is 29.6 Å². The largest absolute Gasteiger partial charge is 0.433 e. The van der Waals surface area contributed by atoms with Crippen LogP contribution < -0.4 is 5.32 Å². The van der Waals surface area contributed by atoms with Gasteiger partial charge >= 0.3 is 12.4 Å². The van der Waals surface area contributed by atoms with Crippen molar-refractivity contribution >= 4 is 27.6 Å². The highest BCUT2D eigenvalue weighted by Crippen LogP contribution is 2.34. The number of hydrogen-bond acceptors (Lipinski definition) is 3. The van der Waals surface area contributed by atoms with Gasteiger partial charge in [0.2, 0.25) is 5.95 Å². The van der Waals surface area contributed by atoms with E-state index in [1.807, 2.05) is 0 Å². The van der Waals surface area contributed by atoms with Crippen molar-refractivity contribution in [3.05, 3.63) is 46.2 Å². The molecule has 1 N–H and O–H groups in total. The maximum atomic E-state index is 12.7. The minimum absolute atomic E-state index is 0.0963. The quantitative estimate of drug-likeness (QED) is 0.737. The molecule has 1 aromatic heterocycles. The highest BCUT2D eigenvalue weighted by Gasteiger charge is 2.33. The van der Waals surface area contributed by atoms with Crippen LogP contribution in [-0.2, 0) is 12.4 Å². The molecule has 0 saturated carbocycles. The van der Waals surface area contributed by atoms with Crippen LogP contribution in [-0.4, -0.2) is 9.97 Å². The van der Waals surface area contributed by atoms with Gasteiger partial charge in [-0.05, 0) is 24.3 Å². The third kappa shape index (κ3) is 4.09. The second kappa shape index (κ2) is 5.75. The number of benzene rings is 1. The molecule has 0 spiro atoms. The standard InChI is InChI=1S/C12H6BrF6N3/c13-7-3-6(11(14,15)16)4-8(5-7)21-10-20-2-1-9(22-10)12(17,18)19/h1-5H,(H,20,21,22). The van der Waals surface area contributed by atoms with Crippen molar-refractivity contribution in [3.8, 4) is 0 Å². The Kier molecular flexibility index (Phi) is 4.32. The fourth-order valence-corrected chi connectivity index (χ4v) is 2.02. The molecular formula is C12H6BrF6N3. The van der Waals surface area contributed by atoms with Crippen molar-refractivity contribution in [1.29, 1.82) is 0 Å². The summed E-state index contributed by atoms with van der Waals surface area (Å²) in [5.41, 5.74) is -2.26. The molecule has 10 heteroatoms. The number of aromatic nitrogens is 2. The Bertz CT molecular complexity index is 683. The molecule has 0 amide bonds. The van der Waals surface area contributed by atoms with Gasteiger partial charge in [0.05, 0.1) is 5.56 Å². The zero-order chi connectivity index (χ0) is 16.5. The summed E-state index contributed by atoms with van der Waals surface area (Å²) in [5, 5.41) is 2.32. The first-order valence-corrected chi connectivity index (χ1v) is 6.40. The van der Waals surface area contributed by atoms with Gasteiger partial charge < -0.3 is 5.32 Å². The van der Waals surface area contributed by atoms with E-state index in [2.05, 4.69) is 31.2 Å². The van der Waals surface area contributed by atoms with Gasteiger partial charge in [0.1, 0.15) is 5.69 Å². The van der Waals surface area contributed by atoms with Crippen LogP contribution in [0.4, 0.5) is 38.0 Å². The van der Waals surface area contributed by atoms with Crippen LogP contribution in [0, 0.1) is 0 Å². The Hall–Kier alpha value is -1.84. The predicted octanol–water partition coefficient (Wildman–Crippen LogP) is 5.02. The van der Waals surface area contributed by atoms with Crippen LogP contribution in [0.5, 0.6) is 0 Å². The molecule has 3 nitrogen and oxygen atoms in total. The van der Waals surface area contributed by atoms with Crippen molar-refractivity contribution in [3.63, 3.8) is 0 Å². The highest BCUT2D eigenvalue weighted by molar-refractivity contribution is 9.10. The first-order chi connectivity index (χ1) is 10.1. The Morgan fingerprint density at radius 2 is 1.64 bits per heavy atom. The van der Waals surface area contributed by atoms with Gasteiger partial charge in [0.25, 0.3) is 0 Å². The maximum Gasteiger partial charge on any atom is 0.433 e. The molecular weight excluding hydrogens is 380 g/mol. The number of halogens is 7. The molecule has 0 unspecified atom stereocenters. The molecule has 0 aliphatic heterocycles. The number of hydrogen-bond donors (Lipinski definition) is 1. The van der Waals surface area contributed by atoms with Crippen molar-refractivity contribution in [2.45, 2.75) is 12.4 Å². The number of nitrogens with one attached hydrogen (secondary N) is 1. The summed E-state index contributed by atoms with van der Waals surface area (Å²) < 4.78 is 75.7. The molecule has 1 aromatic carbocycles. The molecule has 0 fully saturated rings. The van der Waals surface area contributed by atoms with Gasteiger partial charge in [-0.2, -0.15) is 26.3 Å². The van der Waals surface area contributed by atoms with Crippen LogP contribution in [0.3, 0.4) is 0 Å². The van der Waals surface area contributed by atoms with Gasteiger partial charge in [-0.1, -0.05) is 15.9 Å². The maximum absolute atomic E-state index is 12.7. The molecule has 2 rings (SSSR count). The Balaban J connectivity index is 2.34. The molecule has 1 heterocycles. The Morgan fingerprint density at radius 3 is 2.23 bits per heavy atom. The van der Waals surface area contributed by atoms with Gasteiger partial charge in [0, 0.05) is 16.4 Å². The molecule has 0 atom stereocenters. The monoisotopic (exact) mass is 385 g/mol. The zero-order valence-electron chi connectivity index (χ0n) is 10.4. The van der Waals surface area contributed by atoms with Crippen LogP contribution in [0.15, 0.2) is 34.9 Å². The topological polar surface area (TPSA) is 37.8 Å². The molecule has 0 saturated heterocycles. The van der Waals surface area contributed by atoms with E-state index in [0.717, 1.165) is 18.3 Å². The first kappa shape index (κ1) is 16.5. The lowest BCUT2D eigenvalue weighted by Crippen LogP contribution is -2.10. The molecule has 0 aliphatic carbocycles. The Labute approximate surface area is 128 Å². The molecule has 118 valence electrons. The summed E-state index contributed by atoms with van der Waals surface area (Å²) in [5.74, 6) is -0.457. The van der Waals surface area contributed by atoms with Crippen molar-refractivity contribution in [2.75, 3.05) is 5.32 Å². The highest BCUT2D eigenvalue weighted by atomic mass is 79.9. The summed E-state index contributed by atoms with van der Waals surface area (Å²) in [4.78, 5) is 6.77. The van der Waals surface area contributed by atoms with Crippen LogP contribution in [0.1, 0.15) is 11.3 Å². The van der Waals surface area contributed by atoms with E-state index >= 15 is 0 Å². The smallest absolute Gasteiger partial charge is 0.324 e. The number of anilines is 2. The van der Waals surface area contributed by atoms with Crippen LogP contribution in [0.2, 0.25) is 0 Å². The first-order valence-electron chi connectivity index (χ1n) is 5.61. The summed E-state index contributed by atoms with van der Waals surface area (Å²) >= 11 is 2.90. The lowest BCUT2D eigenvalue weighted by Gasteiger charge is -2.12. The van der Waals surface area contributed by atoms with Crippen LogP contribution >= 0.6 is 15.9 Å². The molecule has 22 heavy (non-hydrogen) atoms. The minimum Gasteiger partial charge on any atom is -0.324 e. The average molecular weight is 386 g/mol. The fourth-order valence-electron chi connectivity index (χ4n) is 1.53. The van der Waals surface area contributed by atoms with Gasteiger partial charge in [-0.3, -0.25) is 0 Å². The van der Waals surface area contributed by atoms with Crippen molar-refractivity contribution in [2.24, 2.45) is 0 Å². The normalized spacial score (nSPS) is 12.3. The minimum atomic E-state index is -4.67. The second-order valence-corrected chi connectivity index (χ2v) is 5.03. The number of rotatable bonds is 2. The Morgan fingerprint density at radius 1 is 0.955 bits per heavy atom. The molecule has 0 bridgehead atoms. The van der Waals surface area contributed by atoms with E-state index in [0.29, 0.717) is 6.07 Å². The van der Waals surface area contributed by atoms with E-state index in [1.54, 1.807) is 0 Å². The van der Waals surface area contributed by atoms with E-state index in [1.165, 1.54) is 6.07 Å². The van der Waals surface area contributed by atoms with E-state index in [9.17, 15) is 26.3 Å². The van der Waals surface area contributed by atoms with Crippen LogP contribution in [0.25, 0.3) is 0 Å². The fraction of sp³-hybridized carbons (Fsp3) is 0.167. The SMILES string of the molecule is FC(F)(F)c1cc(Br)cc(Nc2nccc(C(F)(F)F)n2)c1. The van der Waals surface area contributed by atoms with Gasteiger partial charge in [-0.25, -0.2) is 9.97 Å². The van der Waals surface area contributed by atoms with Crippen molar-refractivity contribution in [1.82, 2.24) is 9.97 Å². The average Bonchev–Trinajstić information content (AvgIpc) is 2.36. The van der Waals surface area contributed by atoms with Crippen molar-refractivity contribution < 1.29 is 26.3 Å². The van der Waals surface area contributed by atoms with E-state index in [4.69, 9.17) is 0 Å². The summed E-state index contributed by atoms with van der Waals surface area (Å²) in [7, 11) is 0. The third-order valence-corrected chi connectivity index (χ3v) is 2.89. The second-order valence-electron chi connectivity index (χ2n) is 4.11. The van der Waals surface area contributed by atoms with Gasteiger partial charge in [0.15, 0.2) is 0 Å². The van der Waals surface area contributed by atoms with Gasteiger partial charge in [-0.15, -0.1) is 0 Å². The molecule has 2 aromatic rings. The van der Waals surface area contributed by atoms with E-state index in [-0.39, 0.29) is 10.2 Å². The molecule has 0 aliphatic rings. The zero-order valence-corrected chi connectivity index (χ0v) is 12.0. The predicted molar refractivity (Wildman–Crippen MR) is 69.5 cm³/mol. The summed E-state index contributed by atoms with van der Waals surface area (Å²) in [6, 6.07) is 3.51. The summed E-state index contributed by atoms with van der Waals surface area (Å²) in [6.07, 6.45) is -8.40. The number of nitrogens with zero attached hydrogens (tertiary/aromatic N) is 2. The lowest BCUT2D eigenvalue weighted by atomic mass is 10.2. The third-order valence-electron chi connectivity index (χ3n) is 2.43. The summed E-state index contributed by atoms with van der Waals surface area (Å²) in [6.45, 7) is 0. The number of alkyl halides is 6. The molecule has 0 radical (unpaired) electrons.